The van der Waals surface area contributed by atoms with E-state index in [1.807, 2.05) is 19.9 Å². The van der Waals surface area contributed by atoms with Crippen molar-refractivity contribution in [2.75, 3.05) is 18.2 Å². The van der Waals surface area contributed by atoms with Gasteiger partial charge in [-0.3, -0.25) is 4.79 Å². The van der Waals surface area contributed by atoms with Gasteiger partial charge in [0.05, 0.1) is 19.9 Å². The van der Waals surface area contributed by atoms with Crippen LogP contribution in [-0.4, -0.2) is 42.4 Å². The second kappa shape index (κ2) is 8.35. The number of amides is 1. The number of fused-ring (bicyclic) bond motifs is 3. The first-order valence-electron chi connectivity index (χ1n) is 10.5. The SMILES string of the molecule is COc1ccc(NC(=O)c2nc3nn(CC=C(C)C)c(N)c3c3nc(-c4ccco4)nn23)cc1. The van der Waals surface area contributed by atoms with Crippen molar-refractivity contribution in [3.63, 3.8) is 0 Å². The van der Waals surface area contributed by atoms with E-state index in [2.05, 4.69) is 25.5 Å². The molecular weight excluding hydrogens is 436 g/mol. The number of nitrogens with two attached hydrogens (primary N) is 1. The maximum Gasteiger partial charge on any atom is 0.293 e. The van der Waals surface area contributed by atoms with Crippen molar-refractivity contribution < 1.29 is 13.9 Å². The highest BCUT2D eigenvalue weighted by Gasteiger charge is 2.24. The number of benzene rings is 1. The number of nitrogen functional groups attached to an aromatic ring is 1. The van der Waals surface area contributed by atoms with Crippen LogP contribution in [0.4, 0.5) is 11.5 Å². The summed E-state index contributed by atoms with van der Waals surface area (Å²) in [4.78, 5) is 22.3. The molecule has 5 aromatic rings. The van der Waals surface area contributed by atoms with Crippen LogP contribution >= 0.6 is 0 Å². The van der Waals surface area contributed by atoms with Crippen LogP contribution in [0, 0.1) is 0 Å². The van der Waals surface area contributed by atoms with Crippen molar-refractivity contribution in [1.29, 1.82) is 0 Å². The molecule has 0 spiro atoms. The maximum absolute atomic E-state index is 13.2. The third-order valence-electron chi connectivity index (χ3n) is 5.18. The fraction of sp³-hybridized carbons (Fsp3) is 0.174. The normalized spacial score (nSPS) is 11.1. The van der Waals surface area contributed by atoms with Crippen LogP contribution in [0.2, 0.25) is 0 Å². The molecule has 11 heteroatoms. The molecule has 11 nitrogen and oxygen atoms in total. The van der Waals surface area contributed by atoms with E-state index in [1.165, 1.54) is 10.8 Å². The lowest BCUT2D eigenvalue weighted by Gasteiger charge is -2.07. The lowest BCUT2D eigenvalue weighted by atomic mass is 10.3. The van der Waals surface area contributed by atoms with Gasteiger partial charge in [-0.25, -0.2) is 14.6 Å². The van der Waals surface area contributed by atoms with Gasteiger partial charge in [0.15, 0.2) is 17.1 Å². The van der Waals surface area contributed by atoms with Crippen LogP contribution in [0.25, 0.3) is 28.3 Å². The predicted octanol–water partition coefficient (Wildman–Crippen LogP) is 3.54. The minimum absolute atomic E-state index is 0.00971. The minimum atomic E-state index is -0.481. The Morgan fingerprint density at radius 3 is 2.65 bits per heavy atom. The van der Waals surface area contributed by atoms with E-state index in [1.54, 1.807) is 48.2 Å². The Balaban J connectivity index is 1.66. The van der Waals surface area contributed by atoms with Crippen LogP contribution in [0.15, 0.2) is 58.7 Å². The fourth-order valence-electron chi connectivity index (χ4n) is 3.45. The third-order valence-corrected chi connectivity index (χ3v) is 5.18. The highest BCUT2D eigenvalue weighted by Crippen LogP contribution is 2.27. The third kappa shape index (κ3) is 3.72. The van der Waals surface area contributed by atoms with Crippen LogP contribution < -0.4 is 15.8 Å². The number of ether oxygens (including phenoxy) is 1. The zero-order valence-corrected chi connectivity index (χ0v) is 18.8. The highest BCUT2D eigenvalue weighted by atomic mass is 16.5. The van der Waals surface area contributed by atoms with Crippen molar-refractivity contribution in [2.45, 2.75) is 20.4 Å². The topological polar surface area (TPSA) is 138 Å². The summed E-state index contributed by atoms with van der Waals surface area (Å²) in [5.74, 6) is 1.34. The van der Waals surface area contributed by atoms with Crippen LogP contribution in [-0.2, 0) is 6.54 Å². The number of aromatic nitrogens is 6. The Kier molecular flexibility index (Phi) is 5.21. The van der Waals surface area contributed by atoms with Crippen molar-refractivity contribution in [3.05, 3.63) is 60.1 Å². The molecule has 1 amide bonds. The van der Waals surface area contributed by atoms with Gasteiger partial charge < -0.3 is 20.2 Å². The molecule has 1 aromatic carbocycles. The quantitative estimate of drug-likeness (QED) is 0.368. The van der Waals surface area contributed by atoms with E-state index < -0.39 is 5.91 Å². The molecule has 0 atom stereocenters. The molecule has 0 saturated carbocycles. The molecule has 4 aromatic heterocycles. The van der Waals surface area contributed by atoms with Crippen molar-refractivity contribution in [2.24, 2.45) is 0 Å². The largest absolute Gasteiger partial charge is 0.497 e. The summed E-state index contributed by atoms with van der Waals surface area (Å²) in [7, 11) is 1.58. The fourth-order valence-corrected chi connectivity index (χ4v) is 3.45. The molecule has 0 saturated heterocycles. The van der Waals surface area contributed by atoms with Gasteiger partial charge in [-0.05, 0) is 50.2 Å². The summed E-state index contributed by atoms with van der Waals surface area (Å²) in [6, 6.07) is 10.4. The standard InChI is InChI=1S/C23H22N8O3/c1-13(2)10-11-30-18(24)17-20(28-30)27-22(23(32)25-14-6-8-15(33-3)9-7-14)31-21(17)26-19(29-31)16-5-4-12-34-16/h4-10,12H,11,24H2,1-3H3,(H,25,32). The average molecular weight is 458 g/mol. The lowest BCUT2D eigenvalue weighted by Crippen LogP contribution is -2.19. The molecule has 172 valence electrons. The van der Waals surface area contributed by atoms with Crippen LogP contribution in [0.1, 0.15) is 24.5 Å². The maximum atomic E-state index is 13.2. The van der Waals surface area contributed by atoms with Crippen LogP contribution in [0.5, 0.6) is 5.75 Å². The van der Waals surface area contributed by atoms with Gasteiger partial charge in [0.2, 0.25) is 11.6 Å². The molecule has 0 radical (unpaired) electrons. The average Bonchev–Trinajstić information content (AvgIpc) is 3.56. The van der Waals surface area contributed by atoms with Gasteiger partial charge in [0, 0.05) is 5.69 Å². The lowest BCUT2D eigenvalue weighted by molar-refractivity contribution is 0.101. The van der Waals surface area contributed by atoms with Gasteiger partial charge in [0.1, 0.15) is 17.0 Å². The minimum Gasteiger partial charge on any atom is -0.497 e. The summed E-state index contributed by atoms with van der Waals surface area (Å²) in [6.07, 6.45) is 3.52. The van der Waals surface area contributed by atoms with Crippen molar-refractivity contribution >= 4 is 34.1 Å². The number of carbonyl (C=O) groups is 1. The number of hydrogen-bond donors (Lipinski definition) is 2. The molecule has 5 rings (SSSR count). The van der Waals surface area contributed by atoms with Gasteiger partial charge in [-0.15, -0.1) is 10.2 Å². The van der Waals surface area contributed by atoms with Crippen molar-refractivity contribution in [1.82, 2.24) is 29.4 Å². The second-order valence-corrected chi connectivity index (χ2v) is 7.81. The van der Waals surface area contributed by atoms with Gasteiger partial charge >= 0.3 is 0 Å². The molecule has 0 bridgehead atoms. The molecule has 4 heterocycles. The number of anilines is 2. The molecule has 0 fully saturated rings. The zero-order chi connectivity index (χ0) is 23.8. The highest BCUT2D eigenvalue weighted by molar-refractivity contribution is 6.06. The smallest absolute Gasteiger partial charge is 0.293 e. The Morgan fingerprint density at radius 1 is 1.18 bits per heavy atom. The Hall–Kier alpha value is -4.67. The molecule has 0 aliphatic rings. The summed E-state index contributed by atoms with van der Waals surface area (Å²) in [6.45, 7) is 4.44. The molecule has 0 unspecified atom stereocenters. The van der Waals surface area contributed by atoms with Crippen molar-refractivity contribution in [3.8, 4) is 17.3 Å². The Morgan fingerprint density at radius 2 is 1.97 bits per heavy atom. The first-order chi connectivity index (χ1) is 16.4. The second-order valence-electron chi connectivity index (χ2n) is 7.81. The van der Waals surface area contributed by atoms with Crippen LogP contribution in [0.3, 0.4) is 0 Å². The molecule has 34 heavy (non-hydrogen) atoms. The number of furan rings is 1. The number of nitrogens with zero attached hydrogens (tertiary/aromatic N) is 6. The number of hydrogen-bond acceptors (Lipinski definition) is 8. The first kappa shape index (κ1) is 21.2. The molecule has 0 aliphatic heterocycles. The van der Waals surface area contributed by atoms with E-state index >= 15 is 0 Å². The number of rotatable bonds is 6. The van der Waals surface area contributed by atoms with Gasteiger partial charge in [-0.1, -0.05) is 11.6 Å². The van der Waals surface area contributed by atoms with E-state index in [-0.39, 0.29) is 5.82 Å². The summed E-state index contributed by atoms with van der Waals surface area (Å²) in [5.41, 5.74) is 8.76. The Bertz CT molecular complexity index is 1520. The number of nitrogens with one attached hydrogen (secondary N) is 1. The molecular formula is C23H22N8O3. The first-order valence-corrected chi connectivity index (χ1v) is 10.5. The van der Waals surface area contributed by atoms with E-state index in [0.29, 0.717) is 52.1 Å². The number of carbonyl (C=O) groups excluding carboxylic acids is 1. The number of allylic oxidation sites excluding steroid dienone is 2. The van der Waals surface area contributed by atoms with E-state index in [4.69, 9.17) is 14.9 Å². The van der Waals surface area contributed by atoms with E-state index in [9.17, 15) is 4.79 Å². The predicted molar refractivity (Wildman–Crippen MR) is 127 cm³/mol. The zero-order valence-electron chi connectivity index (χ0n) is 18.8. The van der Waals surface area contributed by atoms with E-state index in [0.717, 1.165) is 5.57 Å². The van der Waals surface area contributed by atoms with Gasteiger partial charge in [-0.2, -0.15) is 4.52 Å². The van der Waals surface area contributed by atoms with Gasteiger partial charge in [0.25, 0.3) is 5.91 Å². The monoisotopic (exact) mass is 458 g/mol. The number of methoxy groups -OCH3 is 1. The Labute approximate surface area is 193 Å². The molecule has 0 aliphatic carbocycles. The summed E-state index contributed by atoms with van der Waals surface area (Å²) >= 11 is 0. The summed E-state index contributed by atoms with van der Waals surface area (Å²) < 4.78 is 13.6. The summed E-state index contributed by atoms with van der Waals surface area (Å²) in [5, 5.41) is 12.3. The molecule has 3 N–H and O–H groups in total.